The average Bonchev–Trinajstić information content (AvgIpc) is 2.49. The van der Waals surface area contributed by atoms with Gasteiger partial charge in [-0.05, 0) is 34.5 Å². The summed E-state index contributed by atoms with van der Waals surface area (Å²) in [5.41, 5.74) is 6.52. The second kappa shape index (κ2) is 7.75. The number of pyridine rings is 1. The van der Waals surface area contributed by atoms with Crippen molar-refractivity contribution in [3.8, 4) is 0 Å². The van der Waals surface area contributed by atoms with E-state index in [9.17, 15) is 0 Å². The highest BCUT2D eigenvalue weighted by Gasteiger charge is 2.08. The normalized spacial score (nSPS) is 10.4. The predicted molar refractivity (Wildman–Crippen MR) is 86.6 cm³/mol. The van der Waals surface area contributed by atoms with E-state index in [0.29, 0.717) is 29.7 Å². The quantitative estimate of drug-likeness (QED) is 0.658. The Hall–Kier alpha value is -1.93. The molecule has 2 rings (SSSR count). The van der Waals surface area contributed by atoms with Crippen molar-refractivity contribution < 1.29 is 4.74 Å². The first-order valence-electron chi connectivity index (χ1n) is 6.42. The number of methoxy groups -OCH3 is 1. The molecule has 2 aromatic rings. The minimum Gasteiger partial charge on any atom is -0.393 e. The van der Waals surface area contributed by atoms with Crippen molar-refractivity contribution >= 4 is 39.1 Å². The summed E-state index contributed by atoms with van der Waals surface area (Å²) in [6.45, 7) is 1.41. The van der Waals surface area contributed by atoms with Crippen LogP contribution in [0.25, 0.3) is 0 Å². The van der Waals surface area contributed by atoms with Gasteiger partial charge in [0.25, 0.3) is 0 Å². The van der Waals surface area contributed by atoms with Gasteiger partial charge < -0.3 is 21.1 Å². The highest BCUT2D eigenvalue weighted by molar-refractivity contribution is 9.10. The van der Waals surface area contributed by atoms with Crippen molar-refractivity contribution in [1.29, 1.82) is 0 Å². The summed E-state index contributed by atoms with van der Waals surface area (Å²) in [6.07, 6.45) is 4.02. The number of nitrogens with one attached hydrogen (secondary N) is 2. The van der Waals surface area contributed by atoms with Crippen LogP contribution in [0.15, 0.2) is 29.1 Å². The Labute approximate surface area is 131 Å². The summed E-state index contributed by atoms with van der Waals surface area (Å²) in [7, 11) is 1.67. The van der Waals surface area contributed by atoms with Crippen LogP contribution >= 0.6 is 15.9 Å². The lowest BCUT2D eigenvalue weighted by molar-refractivity contribution is 0.198. The van der Waals surface area contributed by atoms with E-state index in [2.05, 4.69) is 41.5 Å². The first kappa shape index (κ1) is 15.5. The monoisotopic (exact) mass is 352 g/mol. The molecular weight excluding hydrogens is 336 g/mol. The Kier molecular flexibility index (Phi) is 5.70. The van der Waals surface area contributed by atoms with Crippen LogP contribution in [0.1, 0.15) is 6.42 Å². The molecule has 0 aliphatic heterocycles. The molecule has 0 saturated carbocycles. The third-order valence-electron chi connectivity index (χ3n) is 2.68. The molecule has 21 heavy (non-hydrogen) atoms. The van der Waals surface area contributed by atoms with Crippen molar-refractivity contribution in [1.82, 2.24) is 15.0 Å². The third-order valence-corrected chi connectivity index (χ3v) is 3.14. The average molecular weight is 353 g/mol. The molecule has 0 aliphatic carbocycles. The van der Waals surface area contributed by atoms with Crippen molar-refractivity contribution in [3.63, 3.8) is 0 Å². The van der Waals surface area contributed by atoms with E-state index < -0.39 is 0 Å². The van der Waals surface area contributed by atoms with Crippen molar-refractivity contribution in [2.45, 2.75) is 6.42 Å². The van der Waals surface area contributed by atoms with Crippen LogP contribution in [-0.4, -0.2) is 35.2 Å². The van der Waals surface area contributed by atoms with Crippen LogP contribution < -0.4 is 16.4 Å². The first-order valence-corrected chi connectivity index (χ1v) is 7.22. The van der Waals surface area contributed by atoms with E-state index in [-0.39, 0.29) is 0 Å². The molecule has 2 heterocycles. The summed E-state index contributed by atoms with van der Waals surface area (Å²) in [6, 6.07) is 3.72. The van der Waals surface area contributed by atoms with E-state index in [1.54, 1.807) is 13.3 Å². The van der Waals surface area contributed by atoms with Crippen LogP contribution in [0.5, 0.6) is 0 Å². The van der Waals surface area contributed by atoms with Crippen LogP contribution in [0.4, 0.5) is 23.1 Å². The molecule has 8 heteroatoms. The number of anilines is 4. The fourth-order valence-electron chi connectivity index (χ4n) is 1.63. The van der Waals surface area contributed by atoms with Gasteiger partial charge in [-0.25, -0.2) is 15.0 Å². The SMILES string of the molecule is COCCCNc1ncnc(Nc2ccc(Br)cn2)c1N. The predicted octanol–water partition coefficient (Wildman–Crippen LogP) is 2.41. The molecule has 0 saturated heterocycles. The second-order valence-corrected chi connectivity index (χ2v) is 5.16. The zero-order valence-electron chi connectivity index (χ0n) is 11.6. The van der Waals surface area contributed by atoms with Crippen molar-refractivity contribution in [3.05, 3.63) is 29.1 Å². The Morgan fingerprint density at radius 1 is 1.24 bits per heavy atom. The number of hydrogen-bond donors (Lipinski definition) is 3. The summed E-state index contributed by atoms with van der Waals surface area (Å²) in [5, 5.41) is 6.23. The van der Waals surface area contributed by atoms with Crippen LogP contribution in [-0.2, 0) is 4.74 Å². The zero-order valence-corrected chi connectivity index (χ0v) is 13.2. The number of hydrogen-bond acceptors (Lipinski definition) is 7. The number of halogens is 1. The highest BCUT2D eigenvalue weighted by atomic mass is 79.9. The van der Waals surface area contributed by atoms with E-state index in [1.807, 2.05) is 12.1 Å². The summed E-state index contributed by atoms with van der Waals surface area (Å²) in [4.78, 5) is 12.5. The maximum atomic E-state index is 6.06. The summed E-state index contributed by atoms with van der Waals surface area (Å²) >= 11 is 3.34. The lowest BCUT2D eigenvalue weighted by Gasteiger charge is -2.12. The van der Waals surface area contributed by atoms with Gasteiger partial charge in [0.1, 0.15) is 17.8 Å². The molecular formula is C13H17BrN6O. The number of nitrogens with zero attached hydrogens (tertiary/aromatic N) is 3. The first-order chi connectivity index (χ1) is 10.2. The largest absolute Gasteiger partial charge is 0.393 e. The topological polar surface area (TPSA) is 98.0 Å². The standard InChI is InChI=1S/C13H17BrN6O/c1-21-6-2-5-16-12-11(15)13(19-8-18-12)20-10-4-3-9(14)7-17-10/h3-4,7-8H,2,5-6,15H2,1H3,(H2,16,17,18,19,20). The van der Waals surface area contributed by atoms with E-state index in [1.165, 1.54) is 6.33 Å². The van der Waals surface area contributed by atoms with Gasteiger partial charge in [0.15, 0.2) is 11.6 Å². The van der Waals surface area contributed by atoms with E-state index in [4.69, 9.17) is 10.5 Å². The van der Waals surface area contributed by atoms with Gasteiger partial charge in [-0.3, -0.25) is 0 Å². The minimum absolute atomic E-state index is 0.458. The molecule has 0 fully saturated rings. The Morgan fingerprint density at radius 2 is 2.05 bits per heavy atom. The molecule has 112 valence electrons. The number of nitrogens with two attached hydrogens (primary N) is 1. The number of aromatic nitrogens is 3. The molecule has 0 bridgehead atoms. The number of rotatable bonds is 7. The molecule has 0 aliphatic rings. The Balaban J connectivity index is 2.04. The van der Waals surface area contributed by atoms with E-state index >= 15 is 0 Å². The van der Waals surface area contributed by atoms with Gasteiger partial charge >= 0.3 is 0 Å². The molecule has 0 spiro atoms. The summed E-state index contributed by atoms with van der Waals surface area (Å²) in [5.74, 6) is 1.78. The maximum absolute atomic E-state index is 6.06. The van der Waals surface area contributed by atoms with Gasteiger partial charge in [0.05, 0.1) is 0 Å². The van der Waals surface area contributed by atoms with Crippen LogP contribution in [0.3, 0.4) is 0 Å². The molecule has 7 nitrogen and oxygen atoms in total. The Bertz CT molecular complexity index is 577. The van der Waals surface area contributed by atoms with Gasteiger partial charge in [-0.2, -0.15) is 0 Å². The highest BCUT2D eigenvalue weighted by Crippen LogP contribution is 2.25. The number of ether oxygens (including phenoxy) is 1. The lowest BCUT2D eigenvalue weighted by Crippen LogP contribution is -2.10. The van der Waals surface area contributed by atoms with Crippen LogP contribution in [0, 0.1) is 0 Å². The molecule has 0 radical (unpaired) electrons. The molecule has 2 aromatic heterocycles. The molecule has 0 unspecified atom stereocenters. The fraction of sp³-hybridized carbons (Fsp3) is 0.308. The van der Waals surface area contributed by atoms with Gasteiger partial charge in [-0.1, -0.05) is 0 Å². The molecule has 0 atom stereocenters. The Morgan fingerprint density at radius 3 is 2.76 bits per heavy atom. The van der Waals surface area contributed by atoms with Gasteiger partial charge in [0, 0.05) is 30.9 Å². The molecule has 0 aromatic carbocycles. The minimum atomic E-state index is 0.458. The second-order valence-electron chi connectivity index (χ2n) is 4.24. The van der Waals surface area contributed by atoms with Crippen molar-refractivity contribution in [2.75, 3.05) is 36.6 Å². The van der Waals surface area contributed by atoms with Gasteiger partial charge in [-0.15, -0.1) is 0 Å². The van der Waals surface area contributed by atoms with Crippen molar-refractivity contribution in [2.24, 2.45) is 0 Å². The van der Waals surface area contributed by atoms with Gasteiger partial charge in [0.2, 0.25) is 0 Å². The molecule has 4 N–H and O–H groups in total. The lowest BCUT2D eigenvalue weighted by atomic mass is 10.4. The smallest absolute Gasteiger partial charge is 0.160 e. The van der Waals surface area contributed by atoms with Crippen LogP contribution in [0.2, 0.25) is 0 Å². The summed E-state index contributed by atoms with van der Waals surface area (Å²) < 4.78 is 5.90. The molecule has 0 amide bonds. The van der Waals surface area contributed by atoms with E-state index in [0.717, 1.165) is 17.4 Å². The zero-order chi connectivity index (χ0) is 15.1. The maximum Gasteiger partial charge on any atom is 0.160 e. The number of nitrogen functional groups attached to an aromatic ring is 1. The third kappa shape index (κ3) is 4.54. The fourth-order valence-corrected chi connectivity index (χ4v) is 1.86.